The Morgan fingerprint density at radius 1 is 0.946 bits per heavy atom. The number of fused-ring (bicyclic) bond motifs is 1. The van der Waals surface area contributed by atoms with Crippen molar-refractivity contribution in [2.24, 2.45) is 5.14 Å². The quantitative estimate of drug-likeness (QED) is 0.261. The molecule has 2 atom stereocenters. The molecule has 2 N–H and O–H groups in total. The van der Waals surface area contributed by atoms with Crippen molar-refractivity contribution in [3.63, 3.8) is 0 Å². The molecule has 0 radical (unpaired) electrons. The second-order valence-corrected chi connectivity index (χ2v) is 11.7. The Hall–Kier alpha value is -3.62. The number of pyridine rings is 1. The molecule has 3 heterocycles. The van der Waals surface area contributed by atoms with E-state index in [1.54, 1.807) is 0 Å². The number of benzene rings is 2. The number of rotatable bonds is 8. The summed E-state index contributed by atoms with van der Waals surface area (Å²) in [5.41, 5.74) is 7.06. The molecular weight excluding hydrogens is 484 g/mol. The molecule has 0 aliphatic carbocycles. The van der Waals surface area contributed by atoms with Crippen LogP contribution in [-0.2, 0) is 17.4 Å². The molecule has 37 heavy (non-hydrogen) atoms. The highest BCUT2D eigenvalue weighted by atomic mass is 32.2. The first-order chi connectivity index (χ1) is 17.7. The fourth-order valence-electron chi connectivity index (χ4n) is 4.95. The number of para-hydroxylation sites is 1. The normalized spacial score (nSPS) is 13.6. The van der Waals surface area contributed by atoms with Gasteiger partial charge < -0.3 is 9.05 Å². The van der Waals surface area contributed by atoms with Gasteiger partial charge in [0.2, 0.25) is 0 Å². The molecule has 7 nitrogen and oxygen atoms in total. The third-order valence-corrected chi connectivity index (χ3v) is 8.12. The highest BCUT2D eigenvalue weighted by molar-refractivity contribution is 7.84. The van der Waals surface area contributed by atoms with E-state index in [-0.39, 0.29) is 5.92 Å². The largest absolute Gasteiger partial charge is 0.361 e. The SMILES string of the molecule is Cc1noc(C)c1-c1cccc(C[C@@H](CC(C)(C)S(N)=O)c2ccccc2-c2noc3ccccc23)n1. The fourth-order valence-corrected chi connectivity index (χ4v) is 5.32. The van der Waals surface area contributed by atoms with Crippen LogP contribution in [0.4, 0.5) is 0 Å². The molecule has 190 valence electrons. The molecule has 5 rings (SSSR count). The van der Waals surface area contributed by atoms with Crippen LogP contribution in [0.1, 0.15) is 48.9 Å². The highest BCUT2D eigenvalue weighted by Crippen LogP contribution is 2.39. The minimum atomic E-state index is -1.50. The van der Waals surface area contributed by atoms with Gasteiger partial charge in [0, 0.05) is 16.6 Å². The number of nitrogens with two attached hydrogens (primary N) is 1. The lowest BCUT2D eigenvalue weighted by Crippen LogP contribution is -2.34. The number of nitrogens with zero attached hydrogens (tertiary/aromatic N) is 3. The van der Waals surface area contributed by atoms with Gasteiger partial charge in [0.15, 0.2) is 5.58 Å². The summed E-state index contributed by atoms with van der Waals surface area (Å²) in [5.74, 6) is 0.711. The molecule has 2 aromatic carbocycles. The topological polar surface area (TPSA) is 108 Å². The highest BCUT2D eigenvalue weighted by Gasteiger charge is 2.31. The van der Waals surface area contributed by atoms with Gasteiger partial charge in [-0.05, 0) is 76.3 Å². The molecule has 0 aliphatic rings. The van der Waals surface area contributed by atoms with Crippen molar-refractivity contribution in [1.29, 1.82) is 0 Å². The Morgan fingerprint density at radius 2 is 1.70 bits per heavy atom. The van der Waals surface area contributed by atoms with E-state index in [1.165, 1.54) is 0 Å². The summed E-state index contributed by atoms with van der Waals surface area (Å²) in [4.78, 5) is 4.98. The van der Waals surface area contributed by atoms with Crippen molar-refractivity contribution >= 4 is 22.0 Å². The smallest absolute Gasteiger partial charge is 0.167 e. The minimum Gasteiger partial charge on any atom is -0.361 e. The van der Waals surface area contributed by atoms with Gasteiger partial charge in [0.05, 0.1) is 32.7 Å². The summed E-state index contributed by atoms with van der Waals surface area (Å²) < 4.78 is 22.9. The van der Waals surface area contributed by atoms with Gasteiger partial charge in [-0.3, -0.25) is 10.1 Å². The fraction of sp³-hybridized carbons (Fsp3) is 0.276. The van der Waals surface area contributed by atoms with E-state index >= 15 is 0 Å². The molecule has 0 amide bonds. The van der Waals surface area contributed by atoms with Gasteiger partial charge in [-0.15, -0.1) is 0 Å². The first-order valence-corrected chi connectivity index (χ1v) is 13.4. The maximum Gasteiger partial charge on any atom is 0.167 e. The average molecular weight is 515 g/mol. The van der Waals surface area contributed by atoms with Crippen molar-refractivity contribution in [1.82, 2.24) is 15.3 Å². The van der Waals surface area contributed by atoms with E-state index in [0.717, 1.165) is 56.2 Å². The maximum absolute atomic E-state index is 12.5. The number of hydrogen-bond acceptors (Lipinski definition) is 6. The molecule has 0 bridgehead atoms. The van der Waals surface area contributed by atoms with Crippen LogP contribution in [0.5, 0.6) is 0 Å². The zero-order chi connectivity index (χ0) is 26.2. The molecular formula is C29H30N4O3S. The van der Waals surface area contributed by atoms with E-state index in [1.807, 2.05) is 82.3 Å². The van der Waals surface area contributed by atoms with Crippen LogP contribution < -0.4 is 5.14 Å². The summed E-state index contributed by atoms with van der Waals surface area (Å²) in [6.07, 6.45) is 1.23. The van der Waals surface area contributed by atoms with Crippen molar-refractivity contribution in [3.8, 4) is 22.5 Å². The van der Waals surface area contributed by atoms with Crippen molar-refractivity contribution in [2.75, 3.05) is 0 Å². The van der Waals surface area contributed by atoms with Crippen LogP contribution >= 0.6 is 0 Å². The Kier molecular flexibility index (Phi) is 6.79. The average Bonchev–Trinajstić information content (AvgIpc) is 3.46. The van der Waals surface area contributed by atoms with Gasteiger partial charge >= 0.3 is 0 Å². The molecule has 1 unspecified atom stereocenters. The van der Waals surface area contributed by atoms with E-state index in [0.29, 0.717) is 12.8 Å². The van der Waals surface area contributed by atoms with E-state index in [4.69, 9.17) is 19.2 Å². The van der Waals surface area contributed by atoms with Crippen LogP contribution in [0.3, 0.4) is 0 Å². The maximum atomic E-state index is 12.5. The summed E-state index contributed by atoms with van der Waals surface area (Å²) in [5, 5.41) is 15.4. The summed E-state index contributed by atoms with van der Waals surface area (Å²) in [6, 6.07) is 22.0. The van der Waals surface area contributed by atoms with E-state index < -0.39 is 15.7 Å². The second kappa shape index (κ2) is 10.0. The first-order valence-electron chi connectivity index (χ1n) is 12.2. The zero-order valence-corrected chi connectivity index (χ0v) is 22.2. The Labute approximate surface area is 218 Å². The summed E-state index contributed by atoms with van der Waals surface area (Å²) in [7, 11) is -1.50. The molecule has 8 heteroatoms. The van der Waals surface area contributed by atoms with Crippen LogP contribution in [0.15, 0.2) is 75.8 Å². The number of aryl methyl sites for hydroxylation is 2. The number of hydrogen-bond donors (Lipinski definition) is 1. The lowest BCUT2D eigenvalue weighted by molar-refractivity contribution is 0.393. The molecule has 0 aliphatic heterocycles. The summed E-state index contributed by atoms with van der Waals surface area (Å²) >= 11 is 0. The van der Waals surface area contributed by atoms with Gasteiger partial charge in [0.1, 0.15) is 11.5 Å². The Bertz CT molecular complexity index is 1570. The lowest BCUT2D eigenvalue weighted by Gasteiger charge is -2.29. The molecule has 0 saturated heterocycles. The van der Waals surface area contributed by atoms with Crippen LogP contribution in [0.2, 0.25) is 0 Å². The van der Waals surface area contributed by atoms with E-state index in [9.17, 15) is 4.21 Å². The van der Waals surface area contributed by atoms with Crippen molar-refractivity contribution in [2.45, 2.75) is 51.2 Å². The van der Waals surface area contributed by atoms with Crippen LogP contribution in [0.25, 0.3) is 33.5 Å². The van der Waals surface area contributed by atoms with E-state index in [2.05, 4.69) is 22.4 Å². The molecule has 0 fully saturated rings. The monoisotopic (exact) mass is 514 g/mol. The molecule has 0 saturated carbocycles. The van der Waals surface area contributed by atoms with Gasteiger partial charge in [-0.1, -0.05) is 52.8 Å². The Balaban J connectivity index is 1.60. The molecule has 3 aromatic heterocycles. The first kappa shape index (κ1) is 25.0. The predicted octanol–water partition coefficient (Wildman–Crippen LogP) is 6.28. The zero-order valence-electron chi connectivity index (χ0n) is 21.4. The lowest BCUT2D eigenvalue weighted by atomic mass is 9.83. The second-order valence-electron chi connectivity index (χ2n) is 9.99. The van der Waals surface area contributed by atoms with Crippen LogP contribution in [-0.4, -0.2) is 24.3 Å². The van der Waals surface area contributed by atoms with Gasteiger partial charge in [-0.2, -0.15) is 0 Å². The number of aromatic nitrogens is 3. The Morgan fingerprint density at radius 3 is 2.46 bits per heavy atom. The van der Waals surface area contributed by atoms with Crippen molar-refractivity contribution < 1.29 is 13.3 Å². The van der Waals surface area contributed by atoms with Crippen molar-refractivity contribution in [3.05, 3.63) is 89.4 Å². The molecule has 0 spiro atoms. The van der Waals surface area contributed by atoms with Gasteiger partial charge in [-0.25, -0.2) is 4.21 Å². The van der Waals surface area contributed by atoms with Gasteiger partial charge in [0.25, 0.3) is 0 Å². The predicted molar refractivity (Wildman–Crippen MR) is 146 cm³/mol. The van der Waals surface area contributed by atoms with Crippen LogP contribution in [0, 0.1) is 13.8 Å². The molecule has 5 aromatic rings. The third-order valence-electron chi connectivity index (χ3n) is 6.87. The standard InChI is InChI=1S/C29H30N4O3S/c1-18-27(19(2)35-32-18)25-14-9-10-21(31-25)16-20(17-29(3,4)37(30)34)22-11-5-6-12-23(22)28-24-13-7-8-15-26(24)36-33-28/h5-15,20H,16-17,30H2,1-4H3/t20-,37?/m0/s1. The minimum absolute atomic E-state index is 0.0263. The summed E-state index contributed by atoms with van der Waals surface area (Å²) in [6.45, 7) is 7.69. The third kappa shape index (κ3) is 4.99.